The largest absolute Gasteiger partial charge is 0.396 e. The number of aromatic nitrogens is 1. The summed E-state index contributed by atoms with van der Waals surface area (Å²) in [5, 5.41) is 8.92. The van der Waals surface area contributed by atoms with Crippen LogP contribution in [0.3, 0.4) is 0 Å². The van der Waals surface area contributed by atoms with E-state index >= 15 is 0 Å². The van der Waals surface area contributed by atoms with Crippen molar-refractivity contribution in [3.05, 3.63) is 57.5 Å². The number of hydrogen-bond acceptors (Lipinski definition) is 2. The van der Waals surface area contributed by atoms with Gasteiger partial charge in [-0.1, -0.05) is 30.3 Å². The van der Waals surface area contributed by atoms with E-state index in [9.17, 15) is 4.79 Å². The number of benzene rings is 1. The Bertz CT molecular complexity index is 659. The van der Waals surface area contributed by atoms with Gasteiger partial charge in [0.25, 0.3) is 5.56 Å². The van der Waals surface area contributed by atoms with Crippen molar-refractivity contribution in [1.29, 1.82) is 0 Å². The van der Waals surface area contributed by atoms with E-state index in [1.165, 1.54) is 16.7 Å². The van der Waals surface area contributed by atoms with Gasteiger partial charge in [0.15, 0.2) is 0 Å². The molecule has 0 unspecified atom stereocenters. The van der Waals surface area contributed by atoms with Crippen LogP contribution >= 0.6 is 0 Å². The summed E-state index contributed by atoms with van der Waals surface area (Å²) >= 11 is 0. The zero-order chi connectivity index (χ0) is 13.9. The van der Waals surface area contributed by atoms with Gasteiger partial charge in [-0.15, -0.1) is 0 Å². The summed E-state index contributed by atoms with van der Waals surface area (Å²) in [6.45, 7) is 0.204. The zero-order valence-electron chi connectivity index (χ0n) is 11.5. The summed E-state index contributed by atoms with van der Waals surface area (Å²) in [4.78, 5) is 15.1. The standard InChI is InChI=1S/C17H19NO2/c19-11-5-4-8-15-16(12-6-2-1-3-7-12)13-9-10-14(13)17(20)18-15/h1-3,6-7,19H,4-5,8-11H2,(H,18,20). The average Bonchev–Trinajstić information content (AvgIpc) is 2.42. The summed E-state index contributed by atoms with van der Waals surface area (Å²) in [5.41, 5.74) is 5.66. The number of nitrogens with one attached hydrogen (secondary N) is 1. The van der Waals surface area contributed by atoms with Crippen molar-refractivity contribution in [2.45, 2.75) is 32.1 Å². The second kappa shape index (κ2) is 5.63. The maximum Gasteiger partial charge on any atom is 0.251 e. The third kappa shape index (κ3) is 2.29. The third-order valence-corrected chi connectivity index (χ3v) is 4.03. The van der Waals surface area contributed by atoms with Crippen molar-refractivity contribution in [3.8, 4) is 11.1 Å². The summed E-state index contributed by atoms with van der Waals surface area (Å²) in [5.74, 6) is 0. The van der Waals surface area contributed by atoms with Crippen LogP contribution in [0, 0.1) is 0 Å². The molecule has 3 nitrogen and oxygen atoms in total. The van der Waals surface area contributed by atoms with Crippen molar-refractivity contribution in [2.24, 2.45) is 0 Å². The molecule has 0 atom stereocenters. The molecule has 0 radical (unpaired) electrons. The highest BCUT2D eigenvalue weighted by Crippen LogP contribution is 2.33. The van der Waals surface area contributed by atoms with Crippen molar-refractivity contribution in [3.63, 3.8) is 0 Å². The van der Waals surface area contributed by atoms with Gasteiger partial charge < -0.3 is 10.1 Å². The Morgan fingerprint density at radius 1 is 1.05 bits per heavy atom. The van der Waals surface area contributed by atoms with Crippen LogP contribution < -0.4 is 5.56 Å². The average molecular weight is 269 g/mol. The molecule has 1 aliphatic rings. The minimum Gasteiger partial charge on any atom is -0.396 e. The number of aliphatic hydroxyl groups is 1. The lowest BCUT2D eigenvalue weighted by molar-refractivity contribution is 0.284. The molecule has 0 fully saturated rings. The Morgan fingerprint density at radius 3 is 2.45 bits per heavy atom. The molecule has 0 aliphatic heterocycles. The molecule has 3 heteroatoms. The predicted molar refractivity (Wildman–Crippen MR) is 79.9 cm³/mol. The lowest BCUT2D eigenvalue weighted by Gasteiger charge is -2.24. The molecule has 2 N–H and O–H groups in total. The quantitative estimate of drug-likeness (QED) is 0.819. The third-order valence-electron chi connectivity index (χ3n) is 4.03. The first-order chi connectivity index (χ1) is 9.81. The summed E-state index contributed by atoms with van der Waals surface area (Å²) in [6, 6.07) is 10.3. The molecule has 0 saturated carbocycles. The zero-order valence-corrected chi connectivity index (χ0v) is 11.5. The molecule has 0 spiro atoms. The Morgan fingerprint density at radius 2 is 1.80 bits per heavy atom. The molecule has 0 saturated heterocycles. The molecule has 3 rings (SSSR count). The normalized spacial score (nSPS) is 12.8. The summed E-state index contributed by atoms with van der Waals surface area (Å²) in [7, 11) is 0. The maximum absolute atomic E-state index is 12.0. The van der Waals surface area contributed by atoms with Gasteiger partial charge in [0.05, 0.1) is 0 Å². The predicted octanol–water partition coefficient (Wildman–Crippen LogP) is 2.46. The van der Waals surface area contributed by atoms with Gasteiger partial charge in [0.1, 0.15) is 0 Å². The van der Waals surface area contributed by atoms with E-state index in [2.05, 4.69) is 17.1 Å². The van der Waals surface area contributed by atoms with E-state index < -0.39 is 0 Å². The fraction of sp³-hybridized carbons (Fsp3) is 0.353. The van der Waals surface area contributed by atoms with Crippen LogP contribution in [0.4, 0.5) is 0 Å². The van der Waals surface area contributed by atoms with E-state index in [0.29, 0.717) is 0 Å². The lowest BCUT2D eigenvalue weighted by atomic mass is 9.82. The van der Waals surface area contributed by atoms with Crippen molar-refractivity contribution < 1.29 is 5.11 Å². The van der Waals surface area contributed by atoms with E-state index in [-0.39, 0.29) is 12.2 Å². The molecule has 1 aromatic carbocycles. The smallest absolute Gasteiger partial charge is 0.251 e. The van der Waals surface area contributed by atoms with Crippen LogP contribution in [-0.2, 0) is 19.3 Å². The van der Waals surface area contributed by atoms with Gasteiger partial charge in [0, 0.05) is 23.4 Å². The number of H-pyrrole nitrogens is 1. The summed E-state index contributed by atoms with van der Waals surface area (Å²) in [6.07, 6.45) is 4.36. The number of aryl methyl sites for hydroxylation is 1. The van der Waals surface area contributed by atoms with Gasteiger partial charge in [-0.25, -0.2) is 0 Å². The summed E-state index contributed by atoms with van der Waals surface area (Å²) < 4.78 is 0. The minimum atomic E-state index is 0.0740. The number of fused-ring (bicyclic) bond motifs is 1. The van der Waals surface area contributed by atoms with Crippen LogP contribution in [0.1, 0.15) is 29.7 Å². The van der Waals surface area contributed by atoms with Gasteiger partial charge in [-0.3, -0.25) is 4.79 Å². The highest BCUT2D eigenvalue weighted by atomic mass is 16.2. The van der Waals surface area contributed by atoms with Crippen molar-refractivity contribution >= 4 is 0 Å². The fourth-order valence-electron chi connectivity index (χ4n) is 2.91. The van der Waals surface area contributed by atoms with Gasteiger partial charge in [-0.2, -0.15) is 0 Å². The Balaban J connectivity index is 2.06. The molecule has 1 aliphatic carbocycles. The minimum absolute atomic E-state index is 0.0740. The molecule has 20 heavy (non-hydrogen) atoms. The fourth-order valence-corrected chi connectivity index (χ4v) is 2.91. The van der Waals surface area contributed by atoms with E-state index in [1.54, 1.807) is 0 Å². The van der Waals surface area contributed by atoms with E-state index in [0.717, 1.165) is 43.4 Å². The molecule has 0 bridgehead atoms. The number of hydrogen-bond donors (Lipinski definition) is 2. The molecule has 1 heterocycles. The molecule has 1 aromatic heterocycles. The number of unbranched alkanes of at least 4 members (excludes halogenated alkanes) is 1. The second-order valence-corrected chi connectivity index (χ2v) is 5.31. The molecule has 2 aromatic rings. The maximum atomic E-state index is 12.0. The monoisotopic (exact) mass is 269 g/mol. The SMILES string of the molecule is O=c1[nH]c(CCCCO)c(-c2ccccc2)c2c1CC2. The van der Waals surface area contributed by atoms with Gasteiger partial charge >= 0.3 is 0 Å². The number of rotatable bonds is 5. The number of aliphatic hydroxyl groups excluding tert-OH is 1. The van der Waals surface area contributed by atoms with Crippen LogP contribution in [-0.4, -0.2) is 16.7 Å². The van der Waals surface area contributed by atoms with Crippen molar-refractivity contribution in [1.82, 2.24) is 4.98 Å². The molecular weight excluding hydrogens is 250 g/mol. The number of pyridine rings is 1. The van der Waals surface area contributed by atoms with Crippen LogP contribution in [0.2, 0.25) is 0 Å². The molecule has 104 valence electrons. The van der Waals surface area contributed by atoms with Crippen molar-refractivity contribution in [2.75, 3.05) is 6.61 Å². The first kappa shape index (κ1) is 13.1. The molecule has 0 amide bonds. The highest BCUT2D eigenvalue weighted by molar-refractivity contribution is 5.72. The van der Waals surface area contributed by atoms with E-state index in [1.807, 2.05) is 18.2 Å². The van der Waals surface area contributed by atoms with Crippen LogP contribution in [0.25, 0.3) is 11.1 Å². The Hall–Kier alpha value is -1.87. The molecular formula is C17H19NO2. The first-order valence-electron chi connectivity index (χ1n) is 7.24. The first-order valence-corrected chi connectivity index (χ1v) is 7.24. The van der Waals surface area contributed by atoms with Crippen LogP contribution in [0.15, 0.2) is 35.1 Å². The topological polar surface area (TPSA) is 53.1 Å². The Kier molecular flexibility index (Phi) is 3.70. The van der Waals surface area contributed by atoms with Gasteiger partial charge in [-0.05, 0) is 43.2 Å². The van der Waals surface area contributed by atoms with E-state index in [4.69, 9.17) is 5.11 Å². The van der Waals surface area contributed by atoms with Crippen LogP contribution in [0.5, 0.6) is 0 Å². The number of aromatic amines is 1. The second-order valence-electron chi connectivity index (χ2n) is 5.31. The lowest BCUT2D eigenvalue weighted by Crippen LogP contribution is -2.26. The highest BCUT2D eigenvalue weighted by Gasteiger charge is 2.24. The Labute approximate surface area is 118 Å². The van der Waals surface area contributed by atoms with Gasteiger partial charge in [0.2, 0.25) is 0 Å².